The molecule has 0 atom stereocenters. The van der Waals surface area contributed by atoms with Crippen LogP contribution in [0.2, 0.25) is 10.0 Å². The molecule has 8 heteroatoms. The number of ether oxygens (including phenoxy) is 1. The van der Waals surface area contributed by atoms with E-state index in [4.69, 9.17) is 27.9 Å². The van der Waals surface area contributed by atoms with Crippen LogP contribution in [0.25, 0.3) is 0 Å². The van der Waals surface area contributed by atoms with Gasteiger partial charge in [0.25, 0.3) is 11.8 Å². The van der Waals surface area contributed by atoms with Gasteiger partial charge in [-0.25, -0.2) is 0 Å². The number of halogens is 2. The highest BCUT2D eigenvalue weighted by molar-refractivity contribution is 7.12. The van der Waals surface area contributed by atoms with Crippen LogP contribution >= 0.6 is 34.5 Å². The Morgan fingerprint density at radius 1 is 1.00 bits per heavy atom. The summed E-state index contributed by atoms with van der Waals surface area (Å²) in [4.78, 5) is 25.2. The van der Waals surface area contributed by atoms with Crippen molar-refractivity contribution in [3.63, 3.8) is 0 Å². The van der Waals surface area contributed by atoms with Gasteiger partial charge >= 0.3 is 0 Å². The van der Waals surface area contributed by atoms with E-state index in [0.717, 1.165) is 0 Å². The average Bonchev–Trinajstić information content (AvgIpc) is 3.19. The molecule has 138 valence electrons. The van der Waals surface area contributed by atoms with Gasteiger partial charge in [-0.05, 0) is 41.8 Å². The van der Waals surface area contributed by atoms with Crippen molar-refractivity contribution >= 4 is 57.7 Å². The molecule has 2 N–H and O–H groups in total. The summed E-state index contributed by atoms with van der Waals surface area (Å²) < 4.78 is 5.32. The summed E-state index contributed by atoms with van der Waals surface area (Å²) in [6, 6.07) is 13.1. The first-order valence-electron chi connectivity index (χ1n) is 7.77. The Balaban J connectivity index is 1.78. The molecule has 2 amide bonds. The van der Waals surface area contributed by atoms with Crippen molar-refractivity contribution in [3.8, 4) is 5.75 Å². The van der Waals surface area contributed by atoms with Crippen molar-refractivity contribution in [2.45, 2.75) is 0 Å². The van der Waals surface area contributed by atoms with Crippen LogP contribution in [0.3, 0.4) is 0 Å². The molecule has 3 aromatic rings. The zero-order valence-corrected chi connectivity index (χ0v) is 16.4. The molecule has 0 spiro atoms. The third-order valence-corrected chi connectivity index (χ3v) is 5.06. The van der Waals surface area contributed by atoms with E-state index in [2.05, 4.69) is 10.6 Å². The number of nitrogens with one attached hydrogen (secondary N) is 2. The maximum Gasteiger partial charge on any atom is 0.265 e. The predicted molar refractivity (Wildman–Crippen MR) is 110 cm³/mol. The topological polar surface area (TPSA) is 67.4 Å². The van der Waals surface area contributed by atoms with Gasteiger partial charge in [-0.1, -0.05) is 29.3 Å². The Morgan fingerprint density at radius 3 is 2.52 bits per heavy atom. The fourth-order valence-electron chi connectivity index (χ4n) is 2.33. The number of rotatable bonds is 5. The molecule has 2 aromatic carbocycles. The molecular formula is C19H14Cl2N2O3S. The summed E-state index contributed by atoms with van der Waals surface area (Å²) in [6.07, 6.45) is 0. The second-order valence-corrected chi connectivity index (χ2v) is 7.22. The lowest BCUT2D eigenvalue weighted by atomic mass is 10.2. The Hall–Kier alpha value is -2.54. The van der Waals surface area contributed by atoms with Crippen LogP contribution in [0.4, 0.5) is 11.4 Å². The number of hydrogen-bond acceptors (Lipinski definition) is 4. The van der Waals surface area contributed by atoms with Gasteiger partial charge < -0.3 is 15.4 Å². The lowest BCUT2D eigenvalue weighted by Gasteiger charge is -2.13. The highest BCUT2D eigenvalue weighted by Gasteiger charge is 2.14. The van der Waals surface area contributed by atoms with Gasteiger partial charge in [0.05, 0.1) is 28.3 Å². The van der Waals surface area contributed by atoms with Crippen molar-refractivity contribution in [2.75, 3.05) is 17.7 Å². The van der Waals surface area contributed by atoms with E-state index in [9.17, 15) is 9.59 Å². The number of carbonyl (C=O) groups is 2. The van der Waals surface area contributed by atoms with Gasteiger partial charge in [-0.15, -0.1) is 11.3 Å². The van der Waals surface area contributed by atoms with E-state index in [1.165, 1.54) is 24.5 Å². The molecule has 3 rings (SSSR count). The highest BCUT2D eigenvalue weighted by atomic mass is 35.5. The summed E-state index contributed by atoms with van der Waals surface area (Å²) in [6.45, 7) is 0. The molecule has 0 saturated heterocycles. The Kier molecular flexibility index (Phi) is 6.01. The standard InChI is InChI=1S/C19H14Cl2N2O3S/c1-26-16-10-12(22-18(24)13-9-11(20)4-6-14(13)21)5-7-15(16)23-19(25)17-3-2-8-27-17/h2-10H,1H3,(H,22,24)(H,23,25). The molecule has 0 bridgehead atoms. The van der Waals surface area contributed by atoms with E-state index >= 15 is 0 Å². The molecule has 0 unspecified atom stereocenters. The Labute approximate surface area is 169 Å². The number of amides is 2. The molecule has 27 heavy (non-hydrogen) atoms. The van der Waals surface area contributed by atoms with E-state index in [1.807, 2.05) is 5.38 Å². The average molecular weight is 421 g/mol. The van der Waals surface area contributed by atoms with E-state index in [0.29, 0.717) is 32.0 Å². The number of anilines is 2. The number of hydrogen-bond donors (Lipinski definition) is 2. The van der Waals surface area contributed by atoms with Gasteiger partial charge in [0.15, 0.2) is 0 Å². The van der Waals surface area contributed by atoms with E-state index in [1.54, 1.807) is 42.5 Å². The maximum atomic E-state index is 12.4. The minimum atomic E-state index is -0.403. The Bertz CT molecular complexity index is 991. The molecular weight excluding hydrogens is 407 g/mol. The highest BCUT2D eigenvalue weighted by Crippen LogP contribution is 2.29. The second-order valence-electron chi connectivity index (χ2n) is 5.42. The molecule has 1 aromatic heterocycles. The second kappa shape index (κ2) is 8.43. The first-order valence-corrected chi connectivity index (χ1v) is 9.41. The molecule has 0 aliphatic rings. The van der Waals surface area contributed by atoms with Crippen molar-refractivity contribution in [1.82, 2.24) is 0 Å². The van der Waals surface area contributed by atoms with Gasteiger partial charge in [-0.3, -0.25) is 9.59 Å². The summed E-state index contributed by atoms with van der Waals surface area (Å²) in [5.74, 6) is -0.222. The molecule has 0 saturated carbocycles. The minimum absolute atomic E-state index is 0.231. The molecule has 5 nitrogen and oxygen atoms in total. The van der Waals surface area contributed by atoms with Crippen molar-refractivity contribution < 1.29 is 14.3 Å². The number of benzene rings is 2. The van der Waals surface area contributed by atoms with Crippen LogP contribution in [-0.4, -0.2) is 18.9 Å². The monoisotopic (exact) mass is 420 g/mol. The zero-order valence-electron chi connectivity index (χ0n) is 14.1. The fourth-order valence-corrected chi connectivity index (χ4v) is 3.33. The predicted octanol–water partition coefficient (Wildman–Crippen LogP) is 5.57. The number of carbonyl (C=O) groups excluding carboxylic acids is 2. The molecule has 0 aliphatic carbocycles. The summed E-state index contributed by atoms with van der Waals surface area (Å²) in [5, 5.41) is 8.06. The van der Waals surface area contributed by atoms with Gasteiger partial charge in [0.2, 0.25) is 0 Å². The third-order valence-electron chi connectivity index (χ3n) is 3.63. The zero-order chi connectivity index (χ0) is 19.4. The number of thiophene rings is 1. The molecule has 1 heterocycles. The largest absolute Gasteiger partial charge is 0.494 e. The number of methoxy groups -OCH3 is 1. The maximum absolute atomic E-state index is 12.4. The smallest absolute Gasteiger partial charge is 0.265 e. The molecule has 0 fully saturated rings. The Morgan fingerprint density at radius 2 is 1.81 bits per heavy atom. The van der Waals surface area contributed by atoms with Crippen molar-refractivity contribution in [3.05, 3.63) is 74.4 Å². The summed E-state index contributed by atoms with van der Waals surface area (Å²) >= 11 is 13.3. The third kappa shape index (κ3) is 4.60. The van der Waals surface area contributed by atoms with Gasteiger partial charge in [0.1, 0.15) is 5.75 Å². The SMILES string of the molecule is COc1cc(NC(=O)c2cc(Cl)ccc2Cl)ccc1NC(=O)c1cccs1. The fraction of sp³-hybridized carbons (Fsp3) is 0.0526. The van der Waals surface area contributed by atoms with Crippen LogP contribution < -0.4 is 15.4 Å². The van der Waals surface area contributed by atoms with E-state index < -0.39 is 5.91 Å². The van der Waals surface area contributed by atoms with Crippen molar-refractivity contribution in [2.24, 2.45) is 0 Å². The molecule has 0 radical (unpaired) electrons. The van der Waals surface area contributed by atoms with Gasteiger partial charge in [-0.2, -0.15) is 0 Å². The minimum Gasteiger partial charge on any atom is -0.494 e. The van der Waals surface area contributed by atoms with Crippen LogP contribution in [0.5, 0.6) is 5.75 Å². The quantitative estimate of drug-likeness (QED) is 0.566. The normalized spacial score (nSPS) is 10.3. The first kappa shape index (κ1) is 19.2. The summed E-state index contributed by atoms with van der Waals surface area (Å²) in [5.41, 5.74) is 1.25. The van der Waals surface area contributed by atoms with Crippen LogP contribution in [0.15, 0.2) is 53.9 Å². The van der Waals surface area contributed by atoms with Crippen LogP contribution in [0.1, 0.15) is 20.0 Å². The van der Waals surface area contributed by atoms with Crippen LogP contribution in [0, 0.1) is 0 Å². The van der Waals surface area contributed by atoms with E-state index in [-0.39, 0.29) is 11.5 Å². The van der Waals surface area contributed by atoms with Gasteiger partial charge in [0, 0.05) is 16.8 Å². The molecule has 0 aliphatic heterocycles. The van der Waals surface area contributed by atoms with Crippen LogP contribution in [-0.2, 0) is 0 Å². The lowest BCUT2D eigenvalue weighted by molar-refractivity contribution is 0.102. The summed E-state index contributed by atoms with van der Waals surface area (Å²) in [7, 11) is 1.48. The van der Waals surface area contributed by atoms with Crippen molar-refractivity contribution in [1.29, 1.82) is 0 Å². The lowest BCUT2D eigenvalue weighted by Crippen LogP contribution is -2.14. The first-order chi connectivity index (χ1) is 13.0.